The molecule has 0 amide bonds. The lowest BCUT2D eigenvalue weighted by molar-refractivity contribution is -0.138. The maximum Gasteiger partial charge on any atom is 0.338 e. The lowest BCUT2D eigenvalue weighted by atomic mass is 9.93. The van der Waals surface area contributed by atoms with Crippen LogP contribution in [0.2, 0.25) is 0 Å². The van der Waals surface area contributed by atoms with Crippen molar-refractivity contribution < 1.29 is 23.4 Å². The third-order valence-corrected chi connectivity index (χ3v) is 8.49. The number of furan rings is 1. The summed E-state index contributed by atoms with van der Waals surface area (Å²) in [4.78, 5) is 41.4. The summed E-state index contributed by atoms with van der Waals surface area (Å²) >= 11 is 2.49. The van der Waals surface area contributed by atoms with Crippen LogP contribution in [-0.4, -0.2) is 33.9 Å². The van der Waals surface area contributed by atoms with E-state index in [0.717, 1.165) is 5.56 Å². The molecule has 5 aromatic rings. The van der Waals surface area contributed by atoms with Crippen molar-refractivity contribution in [1.29, 1.82) is 0 Å². The number of hydrogen-bond acceptors (Lipinski definition) is 11. The summed E-state index contributed by atoms with van der Waals surface area (Å²) in [7, 11) is 0. The second-order valence-corrected chi connectivity index (χ2v) is 11.3. The highest BCUT2D eigenvalue weighted by molar-refractivity contribution is 7.99. The fourth-order valence-electron chi connectivity index (χ4n) is 4.86. The Morgan fingerprint density at radius 3 is 2.70 bits per heavy atom. The molecule has 0 saturated carbocycles. The minimum atomic E-state index is -0.833. The standard InChI is InChI=1S/C31H22N4O6S2/c1-2-38-29(37)25-26(18-7-4-3-5-8-18)34-31-35(27(25)19-9-11-21-22(15-19)40-17-39-21)28(36)23(42-31)16-20-10-12-24(41-20)43-30-32-13-6-14-33-30/h3-16,27H,2,17H2,1H3/b23-16+/t27-/m1/s1. The number of hydrogen-bond donors (Lipinski definition) is 0. The van der Waals surface area contributed by atoms with E-state index in [1.54, 1.807) is 55.7 Å². The molecule has 0 unspecified atom stereocenters. The molecule has 5 heterocycles. The monoisotopic (exact) mass is 610 g/mol. The van der Waals surface area contributed by atoms with E-state index in [2.05, 4.69) is 9.97 Å². The highest BCUT2D eigenvalue weighted by atomic mass is 32.2. The molecule has 0 N–H and O–H groups in total. The minimum absolute atomic E-state index is 0.0944. The molecule has 2 aromatic carbocycles. The molecule has 12 heteroatoms. The Kier molecular flexibility index (Phi) is 7.13. The Morgan fingerprint density at radius 2 is 1.88 bits per heavy atom. The number of benzene rings is 2. The van der Waals surface area contributed by atoms with Gasteiger partial charge in [0.25, 0.3) is 5.56 Å². The van der Waals surface area contributed by atoms with Crippen LogP contribution in [0.15, 0.2) is 109 Å². The maximum atomic E-state index is 14.1. The van der Waals surface area contributed by atoms with E-state index in [9.17, 15) is 9.59 Å². The highest BCUT2D eigenvalue weighted by Gasteiger charge is 2.36. The van der Waals surface area contributed by atoms with Gasteiger partial charge in [0.1, 0.15) is 5.76 Å². The van der Waals surface area contributed by atoms with E-state index < -0.39 is 12.0 Å². The molecule has 3 aromatic heterocycles. The normalized spacial score (nSPS) is 15.7. The Labute approximate surface area is 252 Å². The summed E-state index contributed by atoms with van der Waals surface area (Å²) in [6.45, 7) is 2.00. The van der Waals surface area contributed by atoms with Crippen LogP contribution in [0.1, 0.15) is 29.9 Å². The molecule has 0 aliphatic carbocycles. The topological polar surface area (TPSA) is 118 Å². The summed E-state index contributed by atoms with van der Waals surface area (Å²) in [5.41, 5.74) is 1.75. The highest BCUT2D eigenvalue weighted by Crippen LogP contribution is 2.40. The number of nitrogens with zero attached hydrogens (tertiary/aromatic N) is 4. The van der Waals surface area contributed by atoms with Crippen molar-refractivity contribution in [3.05, 3.63) is 121 Å². The number of esters is 1. The molecule has 0 fully saturated rings. The van der Waals surface area contributed by atoms with Gasteiger partial charge in [-0.3, -0.25) is 9.36 Å². The molecule has 2 aliphatic heterocycles. The number of carbonyl (C=O) groups excluding carboxylic acids is 1. The van der Waals surface area contributed by atoms with Gasteiger partial charge in [-0.1, -0.05) is 47.7 Å². The molecular weight excluding hydrogens is 588 g/mol. The van der Waals surface area contributed by atoms with Crippen molar-refractivity contribution in [2.75, 3.05) is 13.4 Å². The molecule has 214 valence electrons. The van der Waals surface area contributed by atoms with Gasteiger partial charge in [0, 0.05) is 24.0 Å². The number of thiazole rings is 1. The first kappa shape index (κ1) is 26.9. The molecule has 0 saturated heterocycles. The van der Waals surface area contributed by atoms with Crippen molar-refractivity contribution in [2.24, 2.45) is 4.99 Å². The zero-order valence-corrected chi connectivity index (χ0v) is 24.3. The average Bonchev–Trinajstić information content (AvgIpc) is 3.76. The van der Waals surface area contributed by atoms with Crippen molar-refractivity contribution in [2.45, 2.75) is 23.2 Å². The molecular formula is C31H22N4O6S2. The lowest BCUT2D eigenvalue weighted by Crippen LogP contribution is -2.40. The minimum Gasteiger partial charge on any atom is -0.463 e. The van der Waals surface area contributed by atoms with Crippen molar-refractivity contribution in [1.82, 2.24) is 14.5 Å². The van der Waals surface area contributed by atoms with Gasteiger partial charge in [-0.15, -0.1) is 0 Å². The first-order valence-electron chi connectivity index (χ1n) is 13.3. The quantitative estimate of drug-likeness (QED) is 0.197. The largest absolute Gasteiger partial charge is 0.463 e. The van der Waals surface area contributed by atoms with E-state index in [1.807, 2.05) is 36.4 Å². The maximum absolute atomic E-state index is 14.1. The van der Waals surface area contributed by atoms with E-state index in [0.29, 0.717) is 48.1 Å². The van der Waals surface area contributed by atoms with Gasteiger partial charge in [-0.2, -0.15) is 0 Å². The molecule has 0 bridgehead atoms. The summed E-state index contributed by atoms with van der Waals surface area (Å²) < 4.78 is 24.6. The predicted molar refractivity (Wildman–Crippen MR) is 158 cm³/mol. The first-order valence-corrected chi connectivity index (χ1v) is 14.9. The van der Waals surface area contributed by atoms with Crippen molar-refractivity contribution in [3.8, 4) is 11.5 Å². The van der Waals surface area contributed by atoms with Crippen LogP contribution in [0, 0.1) is 0 Å². The van der Waals surface area contributed by atoms with Crippen LogP contribution in [0.25, 0.3) is 11.8 Å². The Bertz CT molecular complexity index is 2050. The van der Waals surface area contributed by atoms with E-state index in [-0.39, 0.29) is 24.5 Å². The Balaban J connectivity index is 1.40. The molecule has 43 heavy (non-hydrogen) atoms. The van der Waals surface area contributed by atoms with E-state index >= 15 is 0 Å². The van der Waals surface area contributed by atoms with Crippen LogP contribution in [-0.2, 0) is 9.53 Å². The summed E-state index contributed by atoms with van der Waals surface area (Å²) in [5, 5.41) is 1.13. The number of aromatic nitrogens is 3. The molecule has 1 atom stereocenters. The molecule has 0 spiro atoms. The predicted octanol–water partition coefficient (Wildman–Crippen LogP) is 4.20. The second-order valence-electron chi connectivity index (χ2n) is 9.33. The van der Waals surface area contributed by atoms with E-state index in [4.69, 9.17) is 23.6 Å². The van der Waals surface area contributed by atoms with Crippen LogP contribution in [0.4, 0.5) is 0 Å². The van der Waals surface area contributed by atoms with Crippen molar-refractivity contribution >= 4 is 40.8 Å². The summed E-state index contributed by atoms with van der Waals surface area (Å²) in [6.07, 6.45) is 4.99. The SMILES string of the molecule is CCOC(=O)C1=C(c2ccccc2)N=c2s/c(=C/c3ccc(Sc4ncccn4)o3)c(=O)n2[C@@H]1c1ccc2c(c1)OCO2. The van der Waals surface area contributed by atoms with E-state index in [1.165, 1.54) is 27.7 Å². The summed E-state index contributed by atoms with van der Waals surface area (Å²) in [5.74, 6) is 1.05. The molecule has 7 rings (SSSR count). The average molecular weight is 611 g/mol. The van der Waals surface area contributed by atoms with Crippen LogP contribution >= 0.6 is 23.1 Å². The fraction of sp³-hybridized carbons (Fsp3) is 0.129. The second kappa shape index (κ2) is 11.4. The number of carbonyl (C=O) groups is 1. The van der Waals surface area contributed by atoms with Gasteiger partial charge >= 0.3 is 5.97 Å². The van der Waals surface area contributed by atoms with Crippen LogP contribution in [0.5, 0.6) is 11.5 Å². The smallest absolute Gasteiger partial charge is 0.338 e. The first-order chi connectivity index (χ1) is 21.1. The van der Waals surface area contributed by atoms with Crippen LogP contribution < -0.4 is 24.4 Å². The van der Waals surface area contributed by atoms with Crippen LogP contribution in [0.3, 0.4) is 0 Å². The zero-order valence-electron chi connectivity index (χ0n) is 22.6. The third kappa shape index (κ3) is 5.15. The Hall–Kier alpha value is -4.94. The van der Waals surface area contributed by atoms with Gasteiger partial charge in [-0.25, -0.2) is 19.8 Å². The zero-order chi connectivity index (χ0) is 29.3. The fourth-order valence-corrected chi connectivity index (χ4v) is 6.53. The number of rotatable bonds is 7. The summed E-state index contributed by atoms with van der Waals surface area (Å²) in [6, 6.07) is 19.3. The molecule has 2 aliphatic rings. The molecule has 10 nitrogen and oxygen atoms in total. The van der Waals surface area contributed by atoms with Gasteiger partial charge in [0.15, 0.2) is 26.5 Å². The lowest BCUT2D eigenvalue weighted by Gasteiger charge is -2.26. The number of fused-ring (bicyclic) bond motifs is 2. The van der Waals surface area contributed by atoms with Gasteiger partial charge < -0.3 is 18.6 Å². The van der Waals surface area contributed by atoms with Crippen molar-refractivity contribution in [3.63, 3.8) is 0 Å². The Morgan fingerprint density at radius 1 is 1.07 bits per heavy atom. The van der Waals surface area contributed by atoms with Gasteiger partial charge in [0.2, 0.25) is 6.79 Å². The van der Waals surface area contributed by atoms with Gasteiger partial charge in [-0.05, 0) is 54.6 Å². The van der Waals surface area contributed by atoms with Gasteiger partial charge in [0.05, 0.1) is 28.5 Å². The third-order valence-electron chi connectivity index (χ3n) is 6.70. The number of ether oxygens (including phenoxy) is 3. The molecule has 0 radical (unpaired) electrons.